The molecule has 4 rings (SSSR count). The molecule has 2 heteroatoms. The molecule has 0 unspecified atom stereocenters. The van der Waals surface area contributed by atoms with Crippen LogP contribution in [0.3, 0.4) is 0 Å². The molecular weight excluding hydrogens is 186 g/mol. The van der Waals surface area contributed by atoms with Crippen LogP contribution in [0.2, 0.25) is 0 Å². The van der Waals surface area contributed by atoms with Crippen LogP contribution in [0.4, 0.5) is 0 Å². The predicted molar refractivity (Wildman–Crippen MR) is 60.2 cm³/mol. The van der Waals surface area contributed by atoms with Gasteiger partial charge >= 0.3 is 0 Å². The highest BCUT2D eigenvalue weighted by Crippen LogP contribution is 2.32. The maximum Gasteiger partial charge on any atom is 0.227 e. The summed E-state index contributed by atoms with van der Waals surface area (Å²) in [7, 11) is 0. The third kappa shape index (κ3) is 0.773. The third-order valence-electron chi connectivity index (χ3n) is 2.87. The molecule has 0 saturated carbocycles. The van der Waals surface area contributed by atoms with Crippen LogP contribution in [0.5, 0.6) is 0 Å². The second-order valence-electron chi connectivity index (χ2n) is 3.72. The van der Waals surface area contributed by atoms with Crippen molar-refractivity contribution in [3.8, 4) is 0 Å². The fraction of sp³-hybridized carbons (Fsp3) is 0. The molecule has 2 aromatic carbocycles. The highest BCUT2D eigenvalue weighted by Gasteiger charge is 2.12. The molecule has 2 bridgehead atoms. The molecule has 70 valence electrons. The van der Waals surface area contributed by atoms with E-state index in [0.717, 1.165) is 22.2 Å². The van der Waals surface area contributed by atoms with Gasteiger partial charge in [-0.3, -0.25) is 0 Å². The number of benzene rings is 2. The van der Waals surface area contributed by atoms with Gasteiger partial charge in [-0.05, 0) is 17.5 Å². The molecule has 15 heavy (non-hydrogen) atoms. The molecule has 2 heterocycles. The van der Waals surface area contributed by atoms with Gasteiger partial charge in [-0.15, -0.1) is 0 Å². The van der Waals surface area contributed by atoms with Crippen molar-refractivity contribution in [2.45, 2.75) is 0 Å². The molecule has 2 aromatic heterocycles. The molecule has 0 spiro atoms. The number of aromatic nitrogens is 1. The first-order chi connectivity index (χ1) is 7.43. The van der Waals surface area contributed by atoms with Crippen molar-refractivity contribution in [2.75, 3.05) is 0 Å². The number of hydrogen-bond acceptors (Lipinski definition) is 2. The van der Waals surface area contributed by atoms with E-state index < -0.39 is 0 Å². The number of rotatable bonds is 0. The van der Waals surface area contributed by atoms with E-state index in [1.54, 1.807) is 0 Å². The molecule has 0 atom stereocenters. The molecule has 0 aliphatic heterocycles. The van der Waals surface area contributed by atoms with Crippen molar-refractivity contribution in [1.29, 1.82) is 0 Å². The van der Waals surface area contributed by atoms with E-state index in [1.807, 2.05) is 30.3 Å². The monoisotopic (exact) mass is 193 g/mol. The average molecular weight is 193 g/mol. The lowest BCUT2D eigenvalue weighted by molar-refractivity contribution is 0.663. The maximum atomic E-state index is 5.68. The lowest BCUT2D eigenvalue weighted by Crippen LogP contribution is -1.78. The molecular formula is C13H7NO. The van der Waals surface area contributed by atoms with Gasteiger partial charge < -0.3 is 4.42 Å². The maximum absolute atomic E-state index is 5.68. The van der Waals surface area contributed by atoms with Crippen LogP contribution in [0, 0.1) is 0 Å². The summed E-state index contributed by atoms with van der Waals surface area (Å²) in [6.07, 6.45) is 0. The van der Waals surface area contributed by atoms with Crippen molar-refractivity contribution < 1.29 is 4.42 Å². The van der Waals surface area contributed by atoms with Crippen LogP contribution >= 0.6 is 0 Å². The Morgan fingerprint density at radius 3 is 2.53 bits per heavy atom. The summed E-state index contributed by atoms with van der Waals surface area (Å²) in [5, 5.41) is 3.48. The standard InChI is InChI=1S/C13H7NO/c1-2-5-10-8(4-1)9-6-3-7-11-12(9)14-13(10)15-11/h1-7H. The Morgan fingerprint density at radius 2 is 1.60 bits per heavy atom. The molecule has 2 nitrogen and oxygen atoms in total. The van der Waals surface area contributed by atoms with Gasteiger partial charge in [0.25, 0.3) is 0 Å². The van der Waals surface area contributed by atoms with E-state index in [4.69, 9.17) is 4.42 Å². The molecule has 0 fully saturated rings. The Balaban J connectivity index is 2.53. The van der Waals surface area contributed by atoms with E-state index >= 15 is 0 Å². The van der Waals surface area contributed by atoms with Crippen LogP contribution in [0.1, 0.15) is 0 Å². The number of hydrogen-bond donors (Lipinski definition) is 0. The average Bonchev–Trinajstić information content (AvgIpc) is 2.70. The molecule has 0 saturated heterocycles. The van der Waals surface area contributed by atoms with Gasteiger partial charge in [0.1, 0.15) is 5.52 Å². The van der Waals surface area contributed by atoms with Gasteiger partial charge in [0.15, 0.2) is 5.58 Å². The summed E-state index contributed by atoms with van der Waals surface area (Å²) < 4.78 is 5.68. The quantitative estimate of drug-likeness (QED) is 0.399. The lowest BCUT2D eigenvalue weighted by atomic mass is 10.1. The summed E-state index contributed by atoms with van der Waals surface area (Å²) in [6, 6.07) is 14.3. The van der Waals surface area contributed by atoms with Crippen molar-refractivity contribution in [2.24, 2.45) is 0 Å². The van der Waals surface area contributed by atoms with E-state index in [1.165, 1.54) is 10.8 Å². The fourth-order valence-corrected chi connectivity index (χ4v) is 2.19. The second-order valence-corrected chi connectivity index (χ2v) is 3.72. The van der Waals surface area contributed by atoms with Gasteiger partial charge in [0.05, 0.1) is 0 Å². The highest BCUT2D eigenvalue weighted by atomic mass is 16.3. The fourth-order valence-electron chi connectivity index (χ4n) is 2.19. The summed E-state index contributed by atoms with van der Waals surface area (Å²) >= 11 is 0. The zero-order chi connectivity index (χ0) is 9.83. The van der Waals surface area contributed by atoms with Crippen molar-refractivity contribution >= 4 is 33.0 Å². The zero-order valence-corrected chi connectivity index (χ0v) is 7.90. The van der Waals surface area contributed by atoms with Gasteiger partial charge in [0, 0.05) is 10.8 Å². The SMILES string of the molecule is c1ccc2c(c1)c1nc3c(cccc23)o1. The highest BCUT2D eigenvalue weighted by molar-refractivity contribution is 6.15. The van der Waals surface area contributed by atoms with Gasteiger partial charge in [0.2, 0.25) is 5.71 Å². The number of pyridine rings is 1. The number of nitrogens with zero attached hydrogens (tertiary/aromatic N) is 1. The molecule has 0 amide bonds. The minimum absolute atomic E-state index is 0.735. The Hall–Kier alpha value is -2.09. The second kappa shape index (κ2) is 2.28. The number of fused-ring (bicyclic) bond motifs is 4. The van der Waals surface area contributed by atoms with Crippen LogP contribution in [-0.4, -0.2) is 4.98 Å². The molecule has 0 N–H and O–H groups in total. The Labute approximate surface area is 85.5 Å². The topological polar surface area (TPSA) is 26.0 Å². The van der Waals surface area contributed by atoms with E-state index in [0.29, 0.717) is 0 Å². The van der Waals surface area contributed by atoms with Crippen LogP contribution in [0.15, 0.2) is 46.9 Å². The smallest absolute Gasteiger partial charge is 0.227 e. The van der Waals surface area contributed by atoms with E-state index in [-0.39, 0.29) is 0 Å². The van der Waals surface area contributed by atoms with Crippen LogP contribution in [-0.2, 0) is 0 Å². The lowest BCUT2D eigenvalue weighted by Gasteiger charge is -1.98. The minimum Gasteiger partial charge on any atom is -0.436 e. The zero-order valence-electron chi connectivity index (χ0n) is 7.90. The van der Waals surface area contributed by atoms with E-state index in [2.05, 4.69) is 17.1 Å². The molecule has 0 radical (unpaired) electrons. The normalized spacial score (nSPS) is 12.0. The first kappa shape index (κ1) is 7.23. The number of oxazole rings is 1. The first-order valence-electron chi connectivity index (χ1n) is 4.93. The number of para-hydroxylation sites is 1. The first-order valence-corrected chi connectivity index (χ1v) is 4.93. The molecule has 0 aliphatic carbocycles. The van der Waals surface area contributed by atoms with Gasteiger partial charge in [-0.1, -0.05) is 30.3 Å². The Kier molecular flexibility index (Phi) is 1.10. The summed E-state index contributed by atoms with van der Waals surface area (Å²) in [5.74, 6) is 0. The Morgan fingerprint density at radius 1 is 0.800 bits per heavy atom. The summed E-state index contributed by atoms with van der Waals surface area (Å²) in [6.45, 7) is 0. The Bertz CT molecular complexity index is 759. The van der Waals surface area contributed by atoms with Crippen molar-refractivity contribution in [1.82, 2.24) is 4.98 Å². The van der Waals surface area contributed by atoms with Crippen molar-refractivity contribution in [3.05, 3.63) is 42.5 Å². The van der Waals surface area contributed by atoms with Crippen LogP contribution in [0.25, 0.3) is 33.0 Å². The molecule has 4 aromatic rings. The van der Waals surface area contributed by atoms with Crippen LogP contribution < -0.4 is 0 Å². The molecule has 0 aliphatic rings. The summed E-state index contributed by atoms with van der Waals surface area (Å²) in [5.41, 5.74) is 2.59. The largest absolute Gasteiger partial charge is 0.436 e. The third-order valence-corrected chi connectivity index (χ3v) is 2.87. The van der Waals surface area contributed by atoms with E-state index in [9.17, 15) is 0 Å². The predicted octanol–water partition coefficient (Wildman–Crippen LogP) is 3.57. The van der Waals surface area contributed by atoms with Gasteiger partial charge in [-0.2, -0.15) is 0 Å². The minimum atomic E-state index is 0.735. The van der Waals surface area contributed by atoms with Gasteiger partial charge in [-0.25, -0.2) is 4.98 Å². The van der Waals surface area contributed by atoms with Crippen molar-refractivity contribution in [3.63, 3.8) is 0 Å². The summed E-state index contributed by atoms with van der Waals surface area (Å²) in [4.78, 5) is 4.47.